The zero-order valence-corrected chi connectivity index (χ0v) is 20.2. The molecule has 0 spiro atoms. The van der Waals surface area contributed by atoms with Gasteiger partial charge in [-0.15, -0.1) is 0 Å². The van der Waals surface area contributed by atoms with E-state index in [2.05, 4.69) is 50.0 Å². The van der Waals surface area contributed by atoms with Crippen molar-refractivity contribution in [2.75, 3.05) is 0 Å². The second-order valence-electron chi connectivity index (χ2n) is 9.67. The molecule has 3 aromatic carbocycles. The van der Waals surface area contributed by atoms with Crippen LogP contribution in [0.2, 0.25) is 19.6 Å². The number of hydrogen-bond acceptors (Lipinski definition) is 3. The van der Waals surface area contributed by atoms with E-state index in [1.54, 1.807) is 4.90 Å². The zero-order valence-electron chi connectivity index (χ0n) is 19.2. The number of hydrogen-bond donors (Lipinski definition) is 0. The second-order valence-corrected chi connectivity index (χ2v) is 14.7. The van der Waals surface area contributed by atoms with E-state index >= 15 is 0 Å². The number of benzene rings is 3. The van der Waals surface area contributed by atoms with Crippen LogP contribution in [0.1, 0.15) is 34.9 Å². The Morgan fingerprint density at radius 3 is 1.79 bits per heavy atom. The van der Waals surface area contributed by atoms with Crippen LogP contribution in [0.5, 0.6) is 0 Å². The Bertz CT molecular complexity index is 1140. The molecule has 4 nitrogen and oxygen atoms in total. The normalized spacial score (nSPS) is 25.1. The van der Waals surface area contributed by atoms with E-state index in [0.29, 0.717) is 0 Å². The first-order valence-electron chi connectivity index (χ1n) is 11.4. The number of carbonyl (C=O) groups excluding carboxylic acids is 1. The largest absolute Gasteiger partial charge is 0.439 e. The first kappa shape index (κ1) is 21.7. The average molecular weight is 456 g/mol. The molecule has 4 atom stereocenters. The smallest absolute Gasteiger partial charge is 0.413 e. The Kier molecular flexibility index (Phi) is 5.68. The summed E-state index contributed by atoms with van der Waals surface area (Å²) in [6.45, 7) is 6.97. The minimum Gasteiger partial charge on any atom is -0.439 e. The molecule has 0 radical (unpaired) electrons. The maximum atomic E-state index is 13.3. The average Bonchev–Trinajstić information content (AvgIpc) is 3.42. The molecule has 3 aromatic rings. The molecule has 168 valence electrons. The molecule has 2 aliphatic rings. The van der Waals surface area contributed by atoms with Crippen molar-refractivity contribution in [1.82, 2.24) is 4.90 Å². The molecule has 0 saturated carbocycles. The lowest BCUT2D eigenvalue weighted by molar-refractivity contribution is -0.0308. The summed E-state index contributed by atoms with van der Waals surface area (Å²) in [7, 11) is -1.71. The van der Waals surface area contributed by atoms with E-state index in [1.807, 2.05) is 66.7 Å². The van der Waals surface area contributed by atoms with E-state index in [1.165, 1.54) is 5.20 Å². The lowest BCUT2D eigenvalue weighted by atomic mass is 9.95. The lowest BCUT2D eigenvalue weighted by Crippen LogP contribution is -2.37. The topological polar surface area (TPSA) is 38.8 Å². The fraction of sp³-hybridized carbons (Fsp3) is 0.250. The van der Waals surface area contributed by atoms with Crippen molar-refractivity contribution in [3.05, 3.63) is 119 Å². The standard InChI is InChI=1S/C28H29NO3Si/c1-33(2,3)23-19-24(31-26(23)21-15-9-5-10-16-21)29-25(20-13-7-4-8-14-20)27(32-28(29)30)22-17-11-6-12-18-22/h4-19,24-27H,1-3H3/t24-,25+,26+,27-/m1/s1. The fourth-order valence-corrected chi connectivity index (χ4v) is 6.47. The molecule has 0 bridgehead atoms. The molecule has 5 heteroatoms. The van der Waals surface area contributed by atoms with Gasteiger partial charge >= 0.3 is 6.09 Å². The van der Waals surface area contributed by atoms with E-state index in [0.717, 1.165) is 16.7 Å². The second kappa shape index (κ2) is 8.65. The quantitative estimate of drug-likeness (QED) is 0.396. The van der Waals surface area contributed by atoms with Crippen LogP contribution in [-0.4, -0.2) is 25.3 Å². The number of ether oxygens (including phenoxy) is 2. The van der Waals surface area contributed by atoms with Crippen LogP contribution in [0.15, 0.2) is 102 Å². The molecule has 2 aliphatic heterocycles. The molecular formula is C28H29NO3Si. The molecule has 1 saturated heterocycles. The summed E-state index contributed by atoms with van der Waals surface area (Å²) in [6, 6.07) is 30.1. The maximum Gasteiger partial charge on any atom is 0.413 e. The summed E-state index contributed by atoms with van der Waals surface area (Å²) in [5, 5.41) is 1.31. The predicted molar refractivity (Wildman–Crippen MR) is 132 cm³/mol. The molecule has 0 unspecified atom stereocenters. The highest BCUT2D eigenvalue weighted by Crippen LogP contribution is 2.48. The fourth-order valence-electron chi connectivity index (χ4n) is 4.80. The van der Waals surface area contributed by atoms with Crippen molar-refractivity contribution in [3.63, 3.8) is 0 Å². The number of amides is 1. The van der Waals surface area contributed by atoms with Crippen molar-refractivity contribution in [1.29, 1.82) is 0 Å². The summed E-state index contributed by atoms with van der Waals surface area (Å²) in [5.41, 5.74) is 3.14. The number of carbonyl (C=O) groups is 1. The highest BCUT2D eigenvalue weighted by Gasteiger charge is 2.49. The van der Waals surface area contributed by atoms with Gasteiger partial charge in [0, 0.05) is 0 Å². The predicted octanol–water partition coefficient (Wildman–Crippen LogP) is 6.82. The SMILES string of the molecule is C[Si](C)(C)C1=C[C@H](N2C(=O)O[C@H](c3ccccc3)[C@@H]2c2ccccc2)O[C@H]1c1ccccc1. The summed E-state index contributed by atoms with van der Waals surface area (Å²) < 4.78 is 12.6. The minimum atomic E-state index is -1.71. The van der Waals surface area contributed by atoms with Gasteiger partial charge in [-0.1, -0.05) is 111 Å². The lowest BCUT2D eigenvalue weighted by Gasteiger charge is -2.30. The van der Waals surface area contributed by atoms with Crippen LogP contribution in [-0.2, 0) is 9.47 Å². The van der Waals surface area contributed by atoms with Gasteiger partial charge in [-0.05, 0) is 28.0 Å². The zero-order chi connectivity index (χ0) is 23.0. The van der Waals surface area contributed by atoms with Crippen LogP contribution >= 0.6 is 0 Å². The van der Waals surface area contributed by atoms with Gasteiger partial charge in [0.05, 0.1) is 8.07 Å². The molecule has 0 aliphatic carbocycles. The monoisotopic (exact) mass is 455 g/mol. The van der Waals surface area contributed by atoms with E-state index in [9.17, 15) is 4.79 Å². The molecule has 1 fully saturated rings. The van der Waals surface area contributed by atoms with Crippen LogP contribution in [0, 0.1) is 0 Å². The highest BCUT2D eigenvalue weighted by molar-refractivity contribution is 6.83. The molecular weight excluding hydrogens is 426 g/mol. The summed E-state index contributed by atoms with van der Waals surface area (Å²) in [5.74, 6) is 0. The van der Waals surface area contributed by atoms with Crippen LogP contribution in [0.4, 0.5) is 4.79 Å². The Morgan fingerprint density at radius 1 is 0.727 bits per heavy atom. The maximum absolute atomic E-state index is 13.3. The van der Waals surface area contributed by atoms with Gasteiger partial charge in [0.25, 0.3) is 0 Å². The first-order valence-corrected chi connectivity index (χ1v) is 14.9. The first-order chi connectivity index (χ1) is 15.9. The van der Waals surface area contributed by atoms with Crippen LogP contribution in [0.25, 0.3) is 0 Å². The Labute approximate surface area is 196 Å². The Hall–Kier alpha value is -3.15. The minimum absolute atomic E-state index is 0.150. The summed E-state index contributed by atoms with van der Waals surface area (Å²) >= 11 is 0. The van der Waals surface area contributed by atoms with Crippen molar-refractivity contribution in [3.8, 4) is 0 Å². The van der Waals surface area contributed by atoms with Gasteiger partial charge < -0.3 is 9.47 Å². The van der Waals surface area contributed by atoms with E-state index < -0.39 is 20.4 Å². The Balaban J connectivity index is 1.57. The van der Waals surface area contributed by atoms with Crippen molar-refractivity contribution in [2.45, 2.75) is 44.1 Å². The summed E-state index contributed by atoms with van der Waals surface area (Å²) in [6.07, 6.45) is 0.798. The van der Waals surface area contributed by atoms with Crippen LogP contribution < -0.4 is 0 Å². The molecule has 33 heavy (non-hydrogen) atoms. The third-order valence-electron chi connectivity index (χ3n) is 6.42. The van der Waals surface area contributed by atoms with Gasteiger partial charge in [0.15, 0.2) is 12.3 Å². The van der Waals surface area contributed by atoms with Gasteiger partial charge in [0.2, 0.25) is 0 Å². The molecule has 0 aromatic heterocycles. The third-order valence-corrected chi connectivity index (χ3v) is 8.58. The Morgan fingerprint density at radius 2 is 1.24 bits per heavy atom. The molecule has 2 heterocycles. The molecule has 5 rings (SSSR count). The number of rotatable bonds is 5. The summed E-state index contributed by atoms with van der Waals surface area (Å²) in [4.78, 5) is 15.1. The van der Waals surface area contributed by atoms with Gasteiger partial charge in [-0.3, -0.25) is 4.90 Å². The van der Waals surface area contributed by atoms with E-state index in [-0.39, 0.29) is 18.2 Å². The van der Waals surface area contributed by atoms with Crippen molar-refractivity contribution >= 4 is 14.2 Å². The van der Waals surface area contributed by atoms with Crippen LogP contribution in [0.3, 0.4) is 0 Å². The molecule has 1 amide bonds. The molecule has 0 N–H and O–H groups in total. The van der Waals surface area contributed by atoms with Gasteiger partial charge in [-0.2, -0.15) is 0 Å². The van der Waals surface area contributed by atoms with Crippen molar-refractivity contribution < 1.29 is 14.3 Å². The highest BCUT2D eigenvalue weighted by atomic mass is 28.3. The van der Waals surface area contributed by atoms with Gasteiger partial charge in [-0.25, -0.2) is 4.79 Å². The number of nitrogens with zero attached hydrogens (tertiary/aromatic N) is 1. The van der Waals surface area contributed by atoms with Gasteiger partial charge in [0.1, 0.15) is 12.1 Å². The number of cyclic esters (lactones) is 1. The van der Waals surface area contributed by atoms with Crippen molar-refractivity contribution in [2.24, 2.45) is 0 Å². The van der Waals surface area contributed by atoms with E-state index in [4.69, 9.17) is 9.47 Å². The third kappa shape index (κ3) is 4.14.